The molecule has 2 rings (SSSR count). The van der Waals surface area contributed by atoms with Crippen LogP contribution in [0, 0.1) is 11.3 Å². The largest absolute Gasteiger partial charge is 0.307 e. The van der Waals surface area contributed by atoms with E-state index in [0.717, 1.165) is 5.92 Å². The number of rotatable bonds is 3. The Bertz CT molecular complexity index is 427. The highest BCUT2D eigenvalue weighted by Crippen LogP contribution is 2.38. The van der Waals surface area contributed by atoms with Gasteiger partial charge in [-0.2, -0.15) is 0 Å². The van der Waals surface area contributed by atoms with Crippen LogP contribution in [0.3, 0.4) is 0 Å². The van der Waals surface area contributed by atoms with Gasteiger partial charge in [-0.15, -0.1) is 0 Å². The van der Waals surface area contributed by atoms with Gasteiger partial charge in [0.2, 0.25) is 0 Å². The fraction of sp³-hybridized carbons (Fsp3) is 0.667. The quantitative estimate of drug-likeness (QED) is 0.745. The van der Waals surface area contributed by atoms with Gasteiger partial charge in [0, 0.05) is 16.6 Å². The van der Waals surface area contributed by atoms with E-state index in [2.05, 4.69) is 73.2 Å². The van der Waals surface area contributed by atoms with Gasteiger partial charge in [0.25, 0.3) is 0 Å². The van der Waals surface area contributed by atoms with E-state index in [0.29, 0.717) is 17.5 Å². The van der Waals surface area contributed by atoms with Gasteiger partial charge in [0.15, 0.2) is 0 Å². The van der Waals surface area contributed by atoms with Crippen LogP contribution in [0.5, 0.6) is 0 Å². The first-order chi connectivity index (χ1) is 9.36. The Morgan fingerprint density at radius 1 is 1.15 bits per heavy atom. The highest BCUT2D eigenvalue weighted by molar-refractivity contribution is 9.10. The zero-order valence-electron chi connectivity index (χ0n) is 13.2. The Balaban J connectivity index is 1.86. The van der Waals surface area contributed by atoms with Crippen LogP contribution >= 0.6 is 15.9 Å². The second kappa shape index (κ2) is 6.62. The summed E-state index contributed by atoms with van der Waals surface area (Å²) in [6.45, 7) is 9.43. The maximum Gasteiger partial charge on any atom is 0.0294 e. The first-order valence-corrected chi connectivity index (χ1v) is 8.67. The standard InChI is InChI=1S/C18H28BrN/c1-13(14-6-5-7-16(19)12-14)20-17-10-8-15(9-11-17)18(2,3)4/h5-7,12-13,15,17,20H,8-11H2,1-4H3/t13-,15?,17?/m1/s1. The number of nitrogens with one attached hydrogen (secondary N) is 1. The van der Waals surface area contributed by atoms with Crippen LogP contribution in [0.15, 0.2) is 28.7 Å². The van der Waals surface area contributed by atoms with Crippen LogP contribution in [-0.2, 0) is 0 Å². The predicted molar refractivity (Wildman–Crippen MR) is 90.9 cm³/mol. The summed E-state index contributed by atoms with van der Waals surface area (Å²) in [4.78, 5) is 0. The van der Waals surface area contributed by atoms with Crippen molar-refractivity contribution < 1.29 is 0 Å². The maximum absolute atomic E-state index is 3.81. The lowest BCUT2D eigenvalue weighted by Crippen LogP contribution is -2.37. The summed E-state index contributed by atoms with van der Waals surface area (Å²) in [5.41, 5.74) is 1.85. The normalized spacial score (nSPS) is 25.4. The molecule has 0 unspecified atom stereocenters. The molecule has 0 aromatic heterocycles. The van der Waals surface area contributed by atoms with E-state index in [9.17, 15) is 0 Å². The van der Waals surface area contributed by atoms with Crippen LogP contribution < -0.4 is 5.32 Å². The third-order valence-electron chi connectivity index (χ3n) is 4.79. The second-order valence-corrected chi connectivity index (χ2v) is 8.27. The molecule has 0 saturated heterocycles. The van der Waals surface area contributed by atoms with E-state index in [-0.39, 0.29) is 0 Å². The van der Waals surface area contributed by atoms with Crippen molar-refractivity contribution in [2.75, 3.05) is 0 Å². The van der Waals surface area contributed by atoms with Gasteiger partial charge in [-0.1, -0.05) is 48.8 Å². The Hall–Kier alpha value is -0.340. The van der Waals surface area contributed by atoms with Crippen molar-refractivity contribution in [2.45, 2.75) is 65.5 Å². The fourth-order valence-electron chi connectivity index (χ4n) is 3.35. The molecule has 0 amide bonds. The molecule has 20 heavy (non-hydrogen) atoms. The minimum Gasteiger partial charge on any atom is -0.307 e. The summed E-state index contributed by atoms with van der Waals surface area (Å²) in [5, 5.41) is 3.81. The molecule has 0 bridgehead atoms. The zero-order valence-corrected chi connectivity index (χ0v) is 14.8. The lowest BCUT2D eigenvalue weighted by atomic mass is 9.71. The highest BCUT2D eigenvalue weighted by atomic mass is 79.9. The third-order valence-corrected chi connectivity index (χ3v) is 5.28. The van der Waals surface area contributed by atoms with Gasteiger partial charge in [-0.3, -0.25) is 0 Å². The van der Waals surface area contributed by atoms with Gasteiger partial charge < -0.3 is 5.32 Å². The van der Waals surface area contributed by atoms with Crippen molar-refractivity contribution in [3.63, 3.8) is 0 Å². The van der Waals surface area contributed by atoms with Crippen molar-refractivity contribution >= 4 is 15.9 Å². The maximum atomic E-state index is 3.81. The van der Waals surface area contributed by atoms with Gasteiger partial charge >= 0.3 is 0 Å². The van der Waals surface area contributed by atoms with E-state index < -0.39 is 0 Å². The molecule has 1 aromatic carbocycles. The van der Waals surface area contributed by atoms with E-state index >= 15 is 0 Å². The number of benzene rings is 1. The molecule has 1 fully saturated rings. The molecular formula is C18H28BrN. The molecule has 0 aliphatic heterocycles. The highest BCUT2D eigenvalue weighted by Gasteiger charge is 2.30. The van der Waals surface area contributed by atoms with Crippen molar-refractivity contribution in [3.05, 3.63) is 34.3 Å². The van der Waals surface area contributed by atoms with Crippen molar-refractivity contribution in [1.29, 1.82) is 0 Å². The summed E-state index contributed by atoms with van der Waals surface area (Å²) in [6.07, 6.45) is 5.37. The third kappa shape index (κ3) is 4.33. The smallest absolute Gasteiger partial charge is 0.0294 e. The van der Waals surface area contributed by atoms with Gasteiger partial charge in [0.1, 0.15) is 0 Å². The summed E-state index contributed by atoms with van der Waals surface area (Å²) in [6, 6.07) is 9.76. The summed E-state index contributed by atoms with van der Waals surface area (Å²) in [5.74, 6) is 0.890. The Morgan fingerprint density at radius 3 is 2.35 bits per heavy atom. The number of halogens is 1. The van der Waals surface area contributed by atoms with Gasteiger partial charge in [0.05, 0.1) is 0 Å². The lowest BCUT2D eigenvalue weighted by Gasteiger charge is -2.38. The Kier molecular flexibility index (Phi) is 5.30. The topological polar surface area (TPSA) is 12.0 Å². The molecule has 1 nitrogen and oxygen atoms in total. The molecule has 1 N–H and O–H groups in total. The molecule has 1 atom stereocenters. The van der Waals surface area contributed by atoms with E-state index in [1.165, 1.54) is 35.7 Å². The van der Waals surface area contributed by atoms with Gasteiger partial charge in [-0.05, 0) is 61.6 Å². The number of hydrogen-bond acceptors (Lipinski definition) is 1. The second-order valence-electron chi connectivity index (χ2n) is 7.36. The number of hydrogen-bond donors (Lipinski definition) is 1. The minimum atomic E-state index is 0.434. The molecular weight excluding hydrogens is 310 g/mol. The summed E-state index contributed by atoms with van der Waals surface area (Å²) < 4.78 is 1.17. The summed E-state index contributed by atoms with van der Waals surface area (Å²) >= 11 is 3.56. The van der Waals surface area contributed by atoms with Crippen LogP contribution in [0.1, 0.15) is 65.0 Å². The van der Waals surface area contributed by atoms with E-state index in [1.54, 1.807) is 0 Å². The minimum absolute atomic E-state index is 0.434. The van der Waals surface area contributed by atoms with Crippen molar-refractivity contribution in [3.8, 4) is 0 Å². The molecule has 1 aliphatic rings. The SMILES string of the molecule is C[C@@H](NC1CCC(C(C)(C)C)CC1)c1cccc(Br)c1. The molecule has 2 heteroatoms. The average molecular weight is 338 g/mol. The Morgan fingerprint density at radius 2 is 1.80 bits per heavy atom. The molecule has 0 spiro atoms. The molecule has 0 heterocycles. The van der Waals surface area contributed by atoms with Crippen LogP contribution in [0.25, 0.3) is 0 Å². The van der Waals surface area contributed by atoms with E-state index in [4.69, 9.17) is 0 Å². The Labute approximate surface area is 132 Å². The van der Waals surface area contributed by atoms with Crippen LogP contribution in [-0.4, -0.2) is 6.04 Å². The average Bonchev–Trinajstić information content (AvgIpc) is 2.38. The first kappa shape index (κ1) is 16.0. The van der Waals surface area contributed by atoms with Crippen molar-refractivity contribution in [2.24, 2.45) is 11.3 Å². The molecule has 112 valence electrons. The molecule has 1 saturated carbocycles. The van der Waals surface area contributed by atoms with E-state index in [1.807, 2.05) is 0 Å². The van der Waals surface area contributed by atoms with Crippen molar-refractivity contribution in [1.82, 2.24) is 5.32 Å². The zero-order chi connectivity index (χ0) is 14.8. The molecule has 1 aromatic rings. The van der Waals surface area contributed by atoms with Gasteiger partial charge in [-0.25, -0.2) is 0 Å². The molecule has 0 radical (unpaired) electrons. The summed E-state index contributed by atoms with van der Waals surface area (Å²) in [7, 11) is 0. The molecule has 1 aliphatic carbocycles. The monoisotopic (exact) mass is 337 g/mol. The lowest BCUT2D eigenvalue weighted by molar-refractivity contribution is 0.157. The first-order valence-electron chi connectivity index (χ1n) is 7.88. The van der Waals surface area contributed by atoms with Crippen LogP contribution in [0.2, 0.25) is 0 Å². The van der Waals surface area contributed by atoms with Crippen LogP contribution in [0.4, 0.5) is 0 Å². The predicted octanol–water partition coefficient (Wildman–Crippen LogP) is 5.70. The fourth-order valence-corrected chi connectivity index (χ4v) is 3.77.